The first-order valence-corrected chi connectivity index (χ1v) is 7.26. The van der Waals surface area contributed by atoms with E-state index in [2.05, 4.69) is 10.5 Å². The Morgan fingerprint density at radius 3 is 3.05 bits per heavy atom. The highest BCUT2D eigenvalue weighted by atomic mass is 32.1. The highest BCUT2D eigenvalue weighted by Gasteiger charge is 2.95. The van der Waals surface area contributed by atoms with Crippen LogP contribution in [-0.4, -0.2) is 23.9 Å². The fourth-order valence-electron chi connectivity index (χ4n) is 6.81. The molecule has 3 N–H and O–H groups in total. The van der Waals surface area contributed by atoms with Crippen molar-refractivity contribution < 1.29 is 9.53 Å². The number of nitrogens with two attached hydrogens (primary N) is 1. The van der Waals surface area contributed by atoms with Crippen LogP contribution in [0.15, 0.2) is 5.10 Å². The number of ether oxygens (including phenoxy) is 1. The van der Waals surface area contributed by atoms with Crippen LogP contribution >= 0.6 is 12.2 Å². The summed E-state index contributed by atoms with van der Waals surface area (Å²) >= 11 is 4.82. The van der Waals surface area contributed by atoms with Gasteiger partial charge in [0.15, 0.2) is 5.11 Å². The molecule has 0 radical (unpaired) electrons. The number of carbonyl (C=O) groups excluding carboxylic acids is 1. The Morgan fingerprint density at radius 2 is 2.37 bits per heavy atom. The van der Waals surface area contributed by atoms with E-state index >= 15 is 0 Å². The molecule has 0 unspecified atom stereocenters. The maximum absolute atomic E-state index is 12.4. The van der Waals surface area contributed by atoms with Crippen molar-refractivity contribution in [1.29, 1.82) is 0 Å². The Balaban J connectivity index is 1.61. The summed E-state index contributed by atoms with van der Waals surface area (Å²) in [6.45, 7) is 0. The summed E-state index contributed by atoms with van der Waals surface area (Å²) in [7, 11) is 1.51. The van der Waals surface area contributed by atoms with E-state index in [0.29, 0.717) is 23.7 Å². The zero-order valence-electron chi connectivity index (χ0n) is 10.5. The van der Waals surface area contributed by atoms with Gasteiger partial charge < -0.3 is 10.5 Å². The average Bonchev–Trinajstić information content (AvgIpc) is 2.84. The maximum Gasteiger partial charge on any atom is 0.313 e. The second-order valence-corrected chi connectivity index (χ2v) is 7.07. The number of methoxy groups -OCH3 is 1. The summed E-state index contributed by atoms with van der Waals surface area (Å²) in [6, 6.07) is 0. The third-order valence-corrected chi connectivity index (χ3v) is 6.84. The lowest BCUT2D eigenvalue weighted by atomic mass is 9.34. The molecule has 0 aliphatic heterocycles. The van der Waals surface area contributed by atoms with Crippen molar-refractivity contribution in [3.05, 3.63) is 0 Å². The number of carbonyl (C=O) groups is 1. The fraction of sp³-hybridized carbons (Fsp3) is 0.769. The number of hydrazone groups is 1. The molecule has 100 valence electrons. The zero-order valence-corrected chi connectivity index (χ0v) is 11.3. The second-order valence-electron chi connectivity index (χ2n) is 6.63. The molecule has 0 aromatic rings. The minimum absolute atomic E-state index is 0.00470. The summed E-state index contributed by atoms with van der Waals surface area (Å²) in [4.78, 5) is 12.4. The number of rotatable bonds is 2. The molecule has 0 aromatic heterocycles. The normalized spacial score (nSPS) is 59.0. The number of thiocarbonyl (C=S) groups is 1. The van der Waals surface area contributed by atoms with Gasteiger partial charge in [-0.3, -0.25) is 10.2 Å². The van der Waals surface area contributed by atoms with Crippen molar-refractivity contribution in [2.24, 2.45) is 57.7 Å². The molecule has 4 bridgehead atoms. The lowest BCUT2D eigenvalue weighted by Gasteiger charge is -2.68. The molecule has 0 aromatic carbocycles. The van der Waals surface area contributed by atoms with Crippen LogP contribution in [0, 0.1) is 46.8 Å². The Hall–Kier alpha value is -1.17. The predicted octanol–water partition coefficient (Wildman–Crippen LogP) is 0.106. The van der Waals surface area contributed by atoms with E-state index in [-0.39, 0.29) is 22.4 Å². The van der Waals surface area contributed by atoms with E-state index in [1.165, 1.54) is 13.5 Å². The Bertz CT molecular complexity index is 576. The first-order chi connectivity index (χ1) is 9.14. The topological polar surface area (TPSA) is 76.7 Å². The molecule has 8 atom stereocenters. The molecule has 0 saturated heterocycles. The molecule has 6 heteroatoms. The molecule has 6 saturated carbocycles. The summed E-state index contributed by atoms with van der Waals surface area (Å²) in [5.74, 6) is 4.01. The van der Waals surface area contributed by atoms with E-state index in [9.17, 15) is 4.79 Å². The first kappa shape index (κ1) is 10.6. The first-order valence-electron chi connectivity index (χ1n) is 6.85. The van der Waals surface area contributed by atoms with Crippen LogP contribution in [-0.2, 0) is 9.53 Å². The van der Waals surface area contributed by atoms with Crippen molar-refractivity contribution >= 4 is 29.0 Å². The van der Waals surface area contributed by atoms with Gasteiger partial charge >= 0.3 is 5.97 Å². The maximum atomic E-state index is 12.4. The third-order valence-electron chi connectivity index (χ3n) is 6.75. The van der Waals surface area contributed by atoms with Crippen LogP contribution in [0.4, 0.5) is 0 Å². The molecule has 6 rings (SSSR count). The molecule has 0 heterocycles. The quantitative estimate of drug-likeness (QED) is 0.425. The Morgan fingerprint density at radius 1 is 1.58 bits per heavy atom. The van der Waals surface area contributed by atoms with Gasteiger partial charge in [0, 0.05) is 17.5 Å². The summed E-state index contributed by atoms with van der Waals surface area (Å²) in [6.07, 6.45) is 1.19. The minimum atomic E-state index is -0.236. The Kier molecular flexibility index (Phi) is 1.56. The van der Waals surface area contributed by atoms with Crippen LogP contribution in [0.2, 0.25) is 0 Å². The van der Waals surface area contributed by atoms with Crippen LogP contribution in [0.5, 0.6) is 0 Å². The van der Waals surface area contributed by atoms with E-state index in [1.807, 2.05) is 0 Å². The molecule has 5 nitrogen and oxygen atoms in total. The third kappa shape index (κ3) is 0.759. The van der Waals surface area contributed by atoms with Crippen LogP contribution in [0.1, 0.15) is 6.42 Å². The van der Waals surface area contributed by atoms with Gasteiger partial charge in [-0.05, 0) is 48.2 Å². The molecular formula is C13H15N3O2S. The zero-order chi connectivity index (χ0) is 13.1. The minimum Gasteiger partial charge on any atom is -0.469 e. The van der Waals surface area contributed by atoms with Crippen molar-refractivity contribution in [2.75, 3.05) is 7.11 Å². The smallest absolute Gasteiger partial charge is 0.313 e. The van der Waals surface area contributed by atoms with Crippen molar-refractivity contribution in [2.45, 2.75) is 6.42 Å². The van der Waals surface area contributed by atoms with Gasteiger partial charge in [0.05, 0.1) is 12.5 Å². The van der Waals surface area contributed by atoms with Gasteiger partial charge in [-0.1, -0.05) is 0 Å². The lowest BCUT2D eigenvalue weighted by molar-refractivity contribution is -0.246. The summed E-state index contributed by atoms with van der Waals surface area (Å²) < 4.78 is 5.13. The monoisotopic (exact) mass is 277 g/mol. The molecule has 0 spiro atoms. The molecule has 6 aliphatic carbocycles. The van der Waals surface area contributed by atoms with Crippen molar-refractivity contribution in [3.63, 3.8) is 0 Å². The van der Waals surface area contributed by atoms with E-state index in [0.717, 1.165) is 17.5 Å². The van der Waals surface area contributed by atoms with Crippen LogP contribution in [0.25, 0.3) is 0 Å². The van der Waals surface area contributed by atoms with E-state index < -0.39 is 0 Å². The highest BCUT2D eigenvalue weighted by molar-refractivity contribution is 7.80. The van der Waals surface area contributed by atoms with Crippen molar-refractivity contribution in [1.82, 2.24) is 5.43 Å². The molecular weight excluding hydrogens is 262 g/mol. The number of esters is 1. The van der Waals surface area contributed by atoms with Gasteiger partial charge in [-0.25, -0.2) is 0 Å². The van der Waals surface area contributed by atoms with Gasteiger partial charge in [0.1, 0.15) is 0 Å². The Labute approximate surface area is 115 Å². The molecule has 0 amide bonds. The van der Waals surface area contributed by atoms with E-state index in [4.69, 9.17) is 22.7 Å². The standard InChI is InChI=1S/C13H15N3O2S/c1-18-11(17)13-4-2-3-5-6(4)9(13)7(5)10(8(3)13)15-16-12(14)19/h3-9H,2H2,1H3,(H3,14,16,19)/b15-10-/t3-,4-,5-,6+,7+,8-,9-,13+/m0/s1. The van der Waals surface area contributed by atoms with Gasteiger partial charge in [-0.2, -0.15) is 5.10 Å². The average molecular weight is 277 g/mol. The highest BCUT2D eigenvalue weighted by Crippen LogP contribution is 2.92. The molecule has 6 fully saturated rings. The van der Waals surface area contributed by atoms with Gasteiger partial charge in [0.25, 0.3) is 0 Å². The summed E-state index contributed by atoms with van der Waals surface area (Å²) in [5, 5.41) is 4.63. The van der Waals surface area contributed by atoms with Crippen molar-refractivity contribution in [3.8, 4) is 0 Å². The van der Waals surface area contributed by atoms with Gasteiger partial charge in [-0.15, -0.1) is 0 Å². The number of nitrogens with one attached hydrogen (secondary N) is 1. The molecule has 6 aliphatic rings. The van der Waals surface area contributed by atoms with Crippen LogP contribution < -0.4 is 11.2 Å². The SMILES string of the molecule is COC(=O)[C@@]12[C@@H]3[C@@H]4/C(=N/NC(N)=S)[C@@H]1[C@H]1C[C@H]2[C@@H]3[C@H]14. The summed E-state index contributed by atoms with van der Waals surface area (Å²) in [5.41, 5.74) is 9.10. The molecule has 19 heavy (non-hydrogen) atoms. The largest absolute Gasteiger partial charge is 0.469 e. The second kappa shape index (κ2) is 2.80. The number of hydrogen-bond acceptors (Lipinski definition) is 4. The van der Waals surface area contributed by atoms with Gasteiger partial charge in [0.2, 0.25) is 0 Å². The fourth-order valence-corrected chi connectivity index (χ4v) is 6.85. The lowest BCUT2D eigenvalue weighted by Crippen LogP contribution is -2.70. The number of nitrogens with zero attached hydrogens (tertiary/aromatic N) is 1. The van der Waals surface area contributed by atoms with E-state index in [1.54, 1.807) is 0 Å². The van der Waals surface area contributed by atoms with Crippen LogP contribution in [0.3, 0.4) is 0 Å². The predicted molar refractivity (Wildman–Crippen MR) is 70.9 cm³/mol. The number of hydrogen-bond donors (Lipinski definition) is 2.